The molecule has 0 aromatic heterocycles. The van der Waals surface area contributed by atoms with Crippen molar-refractivity contribution >= 4 is 0 Å². The number of hydrogen-bond donors (Lipinski definition) is 1. The first kappa shape index (κ1) is 4.05. The number of epoxide rings is 1. The Morgan fingerprint density at radius 3 is 2.83 bits per heavy atom. The molecule has 0 amide bonds. The predicted octanol–water partition coefficient (Wildman–Crippen LogP) is -0.529. The summed E-state index contributed by atoms with van der Waals surface area (Å²) in [7, 11) is 0. The van der Waals surface area contributed by atoms with Crippen LogP contribution in [-0.2, 0) is 9.47 Å². The summed E-state index contributed by atoms with van der Waals surface area (Å²) in [4.78, 5) is 0. The molecule has 1 aliphatic rings. The van der Waals surface area contributed by atoms with Gasteiger partial charge < -0.3 is 14.6 Å². The van der Waals surface area contributed by atoms with Gasteiger partial charge >= 0.3 is 0 Å². The second kappa shape index (κ2) is 1.55. The molecule has 6 heavy (non-hydrogen) atoms. The average molecular weight is 89.1 g/mol. The van der Waals surface area contributed by atoms with Crippen LogP contribution < -0.4 is 0 Å². The Morgan fingerprint density at radius 2 is 2.67 bits per heavy atom. The van der Waals surface area contributed by atoms with Gasteiger partial charge in [-0.2, -0.15) is 6.61 Å². The van der Waals surface area contributed by atoms with Crippen molar-refractivity contribution in [2.75, 3.05) is 6.79 Å². The number of aliphatic hydroxyl groups excluding tert-OH is 1. The Labute approximate surface area is 35.5 Å². The van der Waals surface area contributed by atoms with Gasteiger partial charge in [0.1, 0.15) is 6.79 Å². The fourth-order valence-electron chi connectivity index (χ4n) is 0.184. The van der Waals surface area contributed by atoms with Crippen molar-refractivity contribution < 1.29 is 14.6 Å². The fourth-order valence-corrected chi connectivity index (χ4v) is 0.184. The van der Waals surface area contributed by atoms with Crippen LogP contribution in [0.3, 0.4) is 0 Å². The maximum atomic E-state index is 7.95. The van der Waals surface area contributed by atoms with E-state index < -0.39 is 0 Å². The Kier molecular flexibility index (Phi) is 1.05. The molecule has 1 fully saturated rings. The van der Waals surface area contributed by atoms with Gasteiger partial charge in [0.2, 0.25) is 0 Å². The van der Waals surface area contributed by atoms with Crippen molar-refractivity contribution in [2.45, 2.75) is 6.29 Å². The van der Waals surface area contributed by atoms with Crippen molar-refractivity contribution in [2.24, 2.45) is 0 Å². The zero-order valence-corrected chi connectivity index (χ0v) is 3.13. The first-order chi connectivity index (χ1) is 2.93. The van der Waals surface area contributed by atoms with E-state index >= 15 is 0 Å². The van der Waals surface area contributed by atoms with Crippen LogP contribution in [0.15, 0.2) is 0 Å². The van der Waals surface area contributed by atoms with E-state index in [1.165, 1.54) is 6.61 Å². The van der Waals surface area contributed by atoms with Crippen LogP contribution in [0.4, 0.5) is 0 Å². The van der Waals surface area contributed by atoms with Crippen LogP contribution in [0.2, 0.25) is 0 Å². The molecule has 1 heterocycles. The monoisotopic (exact) mass is 89.0 g/mol. The van der Waals surface area contributed by atoms with Crippen molar-refractivity contribution in [3.63, 3.8) is 0 Å². The molecule has 1 rings (SSSR count). The molecule has 3 heteroatoms. The van der Waals surface area contributed by atoms with Crippen molar-refractivity contribution in [3.05, 3.63) is 6.61 Å². The number of hydrogen-bond acceptors (Lipinski definition) is 3. The first-order valence-corrected chi connectivity index (χ1v) is 1.65. The minimum Gasteiger partial charge on any atom is -0.547 e. The standard InChI is InChI=1S/C3H5O3/c4-2-6-3-1-5-3/h1,3-4H,2H2/q-1. The minimum atomic E-state index is -0.263. The highest BCUT2D eigenvalue weighted by atomic mass is 16.8. The van der Waals surface area contributed by atoms with Crippen LogP contribution in [0.25, 0.3) is 0 Å². The van der Waals surface area contributed by atoms with Gasteiger partial charge in [-0.05, 0) is 0 Å². The van der Waals surface area contributed by atoms with Crippen molar-refractivity contribution in [1.29, 1.82) is 0 Å². The van der Waals surface area contributed by atoms with E-state index in [9.17, 15) is 0 Å². The molecular formula is C3H5O3-. The number of rotatable bonds is 2. The molecule has 1 saturated heterocycles. The van der Waals surface area contributed by atoms with Gasteiger partial charge in [0.05, 0.1) is 0 Å². The third-order valence-electron chi connectivity index (χ3n) is 0.486. The minimum absolute atomic E-state index is 0.227. The Morgan fingerprint density at radius 1 is 2.00 bits per heavy atom. The first-order valence-electron chi connectivity index (χ1n) is 1.65. The zero-order valence-electron chi connectivity index (χ0n) is 3.13. The highest BCUT2D eigenvalue weighted by Crippen LogP contribution is 2.15. The zero-order chi connectivity index (χ0) is 4.41. The van der Waals surface area contributed by atoms with Gasteiger partial charge in [-0.25, -0.2) is 0 Å². The fraction of sp³-hybridized carbons (Fsp3) is 0.667. The van der Waals surface area contributed by atoms with Gasteiger partial charge in [-0.3, -0.25) is 0 Å². The topological polar surface area (TPSA) is 42.0 Å². The molecule has 36 valence electrons. The van der Waals surface area contributed by atoms with Crippen LogP contribution >= 0.6 is 0 Å². The number of ether oxygens (including phenoxy) is 2. The molecular weight excluding hydrogens is 84.0 g/mol. The summed E-state index contributed by atoms with van der Waals surface area (Å²) >= 11 is 0. The molecule has 1 aliphatic heterocycles. The van der Waals surface area contributed by atoms with E-state index in [0.717, 1.165) is 0 Å². The molecule has 0 aromatic rings. The summed E-state index contributed by atoms with van der Waals surface area (Å²) in [5, 5.41) is 7.95. The normalized spacial score (nSPS) is 30.5. The molecule has 0 saturated carbocycles. The summed E-state index contributed by atoms with van der Waals surface area (Å²) in [6.45, 7) is 1.23. The molecule has 0 aliphatic carbocycles. The second-order valence-corrected chi connectivity index (χ2v) is 0.936. The maximum Gasteiger partial charge on any atom is 0.143 e. The molecule has 0 aromatic carbocycles. The van der Waals surface area contributed by atoms with Crippen LogP contribution in [0.1, 0.15) is 0 Å². The van der Waals surface area contributed by atoms with E-state index in [1.807, 2.05) is 0 Å². The van der Waals surface area contributed by atoms with Crippen molar-refractivity contribution in [1.82, 2.24) is 0 Å². The lowest BCUT2D eigenvalue weighted by Crippen LogP contribution is -1.93. The number of aliphatic hydroxyl groups is 1. The summed E-state index contributed by atoms with van der Waals surface area (Å²) in [5.74, 6) is 0. The summed E-state index contributed by atoms with van der Waals surface area (Å²) in [5.41, 5.74) is 0. The van der Waals surface area contributed by atoms with Gasteiger partial charge in [0.15, 0.2) is 0 Å². The van der Waals surface area contributed by atoms with E-state index in [4.69, 9.17) is 5.11 Å². The molecule has 0 radical (unpaired) electrons. The van der Waals surface area contributed by atoms with Crippen molar-refractivity contribution in [3.8, 4) is 0 Å². The van der Waals surface area contributed by atoms with Crippen LogP contribution in [-0.4, -0.2) is 18.2 Å². The Hall–Kier alpha value is -0.120. The maximum absolute atomic E-state index is 7.95. The largest absolute Gasteiger partial charge is 0.547 e. The van der Waals surface area contributed by atoms with Gasteiger partial charge in [0.25, 0.3) is 0 Å². The third-order valence-corrected chi connectivity index (χ3v) is 0.486. The third kappa shape index (κ3) is 0.931. The van der Waals surface area contributed by atoms with E-state index in [0.29, 0.717) is 0 Å². The van der Waals surface area contributed by atoms with E-state index in [1.54, 1.807) is 0 Å². The summed E-state index contributed by atoms with van der Waals surface area (Å²) in [6.07, 6.45) is -0.227. The van der Waals surface area contributed by atoms with Gasteiger partial charge in [0, 0.05) is 6.29 Å². The highest BCUT2D eigenvalue weighted by molar-refractivity contribution is 4.71. The van der Waals surface area contributed by atoms with E-state index in [-0.39, 0.29) is 13.1 Å². The predicted molar refractivity (Wildman–Crippen MR) is 17.3 cm³/mol. The van der Waals surface area contributed by atoms with Crippen LogP contribution in [0, 0.1) is 6.61 Å². The summed E-state index contributed by atoms with van der Waals surface area (Å²) in [6, 6.07) is 0. The smallest absolute Gasteiger partial charge is 0.143 e. The lowest BCUT2D eigenvalue weighted by Gasteiger charge is -1.93. The molecule has 0 spiro atoms. The summed E-state index contributed by atoms with van der Waals surface area (Å²) < 4.78 is 8.87. The SMILES string of the molecule is OCOC1[CH-]O1. The molecule has 0 bridgehead atoms. The Bertz CT molecular complexity index is 41.3. The average Bonchev–Trinajstić information content (AvgIpc) is 2.21. The molecule has 1 unspecified atom stereocenters. The Balaban J connectivity index is 1.88. The van der Waals surface area contributed by atoms with Gasteiger partial charge in [-0.15, -0.1) is 0 Å². The molecule has 3 nitrogen and oxygen atoms in total. The second-order valence-electron chi connectivity index (χ2n) is 0.936. The van der Waals surface area contributed by atoms with Gasteiger partial charge in [-0.1, -0.05) is 0 Å². The molecule has 1 atom stereocenters. The van der Waals surface area contributed by atoms with E-state index in [2.05, 4.69) is 9.47 Å². The lowest BCUT2D eigenvalue weighted by molar-refractivity contribution is -0.0472. The molecule has 1 N–H and O–H groups in total. The quantitative estimate of drug-likeness (QED) is 0.281. The highest BCUT2D eigenvalue weighted by Gasteiger charge is 2.05. The lowest BCUT2D eigenvalue weighted by atomic mass is 10.9. The van der Waals surface area contributed by atoms with Crippen LogP contribution in [0.5, 0.6) is 0 Å².